The first-order valence-electron chi connectivity index (χ1n) is 7.83. The molecule has 2 heterocycles. The molecular formula is C12H21N5O7S. The van der Waals surface area contributed by atoms with E-state index in [1.807, 2.05) is 0 Å². The van der Waals surface area contributed by atoms with Gasteiger partial charge in [0.1, 0.15) is 6.04 Å². The standard InChI is InChI=1S/C12H21N5O7S/c18-10(8-4-3-6-13-8)14-15-11(19)9-5-1-2-7-17(9)12(20)16-24-25(21,22)23/h8-9,13H,1-7H2,(H,14,18)(H,15,19)(H,16,20)(H,21,22,23)/t8?,9-/m0/s1. The number of hydrogen-bond acceptors (Lipinski definition) is 7. The SMILES string of the molecule is O=C(NNC(=O)[C@@H]1CCCCN1C(=O)NOS(=O)(=O)O)C1CCCN1. The van der Waals surface area contributed by atoms with Gasteiger partial charge in [-0.1, -0.05) is 0 Å². The van der Waals surface area contributed by atoms with E-state index in [1.165, 1.54) is 0 Å². The van der Waals surface area contributed by atoms with Gasteiger partial charge in [-0.2, -0.15) is 13.9 Å². The van der Waals surface area contributed by atoms with Crippen LogP contribution in [-0.2, 0) is 24.3 Å². The average molecular weight is 379 g/mol. The molecule has 0 aromatic rings. The number of hydrazine groups is 1. The minimum atomic E-state index is -4.85. The first-order valence-corrected chi connectivity index (χ1v) is 9.20. The summed E-state index contributed by atoms with van der Waals surface area (Å²) < 4.78 is 33.3. The van der Waals surface area contributed by atoms with E-state index >= 15 is 0 Å². The molecule has 0 aromatic carbocycles. The lowest BCUT2D eigenvalue weighted by molar-refractivity contribution is -0.132. The van der Waals surface area contributed by atoms with Gasteiger partial charge in [0.15, 0.2) is 0 Å². The molecule has 4 amide bonds. The Balaban J connectivity index is 1.88. The van der Waals surface area contributed by atoms with Gasteiger partial charge in [-0.05, 0) is 38.6 Å². The van der Waals surface area contributed by atoms with E-state index in [4.69, 9.17) is 4.55 Å². The highest BCUT2D eigenvalue weighted by Crippen LogP contribution is 2.17. The zero-order chi connectivity index (χ0) is 18.4. The second kappa shape index (κ2) is 8.42. The summed E-state index contributed by atoms with van der Waals surface area (Å²) >= 11 is 0. The van der Waals surface area contributed by atoms with Gasteiger partial charge in [-0.15, -0.1) is 4.28 Å². The number of amides is 4. The van der Waals surface area contributed by atoms with Crippen LogP contribution in [-0.4, -0.2) is 60.9 Å². The molecule has 2 atom stereocenters. The molecule has 0 saturated carbocycles. The van der Waals surface area contributed by atoms with Crippen molar-refractivity contribution in [2.45, 2.75) is 44.2 Å². The highest BCUT2D eigenvalue weighted by atomic mass is 32.3. The predicted molar refractivity (Wildman–Crippen MR) is 82.8 cm³/mol. The zero-order valence-electron chi connectivity index (χ0n) is 13.4. The van der Waals surface area contributed by atoms with Crippen LogP contribution < -0.4 is 21.6 Å². The second-order valence-electron chi connectivity index (χ2n) is 5.75. The fourth-order valence-electron chi connectivity index (χ4n) is 2.80. The first kappa shape index (κ1) is 19.4. The molecule has 1 unspecified atom stereocenters. The molecule has 0 bridgehead atoms. The first-order chi connectivity index (χ1) is 11.8. The van der Waals surface area contributed by atoms with Crippen molar-refractivity contribution in [3.8, 4) is 0 Å². The third-order valence-corrected chi connectivity index (χ3v) is 4.28. The van der Waals surface area contributed by atoms with Crippen molar-refractivity contribution < 1.29 is 31.6 Å². The number of rotatable bonds is 4. The lowest BCUT2D eigenvalue weighted by atomic mass is 10.0. The Morgan fingerprint density at radius 1 is 1.08 bits per heavy atom. The van der Waals surface area contributed by atoms with Crippen molar-refractivity contribution in [1.29, 1.82) is 0 Å². The summed E-state index contributed by atoms with van der Waals surface area (Å²) in [6, 6.07) is -2.26. The van der Waals surface area contributed by atoms with Crippen LogP contribution in [0.4, 0.5) is 4.79 Å². The van der Waals surface area contributed by atoms with Crippen molar-refractivity contribution >= 4 is 28.2 Å². The van der Waals surface area contributed by atoms with Gasteiger partial charge in [0.05, 0.1) is 6.04 Å². The van der Waals surface area contributed by atoms with E-state index in [9.17, 15) is 22.8 Å². The van der Waals surface area contributed by atoms with Crippen molar-refractivity contribution in [1.82, 2.24) is 26.5 Å². The highest BCUT2D eigenvalue weighted by molar-refractivity contribution is 7.80. The maximum absolute atomic E-state index is 12.3. The van der Waals surface area contributed by atoms with Crippen molar-refractivity contribution in [2.24, 2.45) is 0 Å². The smallest absolute Gasteiger partial charge is 0.311 e. The molecule has 25 heavy (non-hydrogen) atoms. The van der Waals surface area contributed by atoms with Crippen LogP contribution in [0.2, 0.25) is 0 Å². The third-order valence-electron chi connectivity index (χ3n) is 3.99. The number of carbonyl (C=O) groups excluding carboxylic acids is 3. The number of nitrogens with zero attached hydrogens (tertiary/aromatic N) is 1. The molecule has 2 fully saturated rings. The van der Waals surface area contributed by atoms with Crippen LogP contribution >= 0.6 is 0 Å². The van der Waals surface area contributed by atoms with Crippen LogP contribution in [0.3, 0.4) is 0 Å². The fourth-order valence-corrected chi connectivity index (χ4v) is 2.97. The summed E-state index contributed by atoms with van der Waals surface area (Å²) in [6.45, 7) is 0.924. The maximum atomic E-state index is 12.3. The molecule has 2 aliphatic heterocycles. The van der Waals surface area contributed by atoms with E-state index < -0.39 is 28.4 Å². The predicted octanol–water partition coefficient (Wildman–Crippen LogP) is -1.82. The third kappa shape index (κ3) is 5.81. The monoisotopic (exact) mass is 379 g/mol. The fraction of sp³-hybridized carbons (Fsp3) is 0.750. The number of piperidine rings is 1. The van der Waals surface area contributed by atoms with E-state index in [2.05, 4.69) is 20.5 Å². The van der Waals surface area contributed by atoms with Crippen molar-refractivity contribution in [3.05, 3.63) is 0 Å². The molecule has 13 heteroatoms. The summed E-state index contributed by atoms with van der Waals surface area (Å²) in [5.74, 6) is -0.972. The molecule has 2 saturated heterocycles. The van der Waals surface area contributed by atoms with E-state index in [-0.39, 0.29) is 18.5 Å². The molecule has 142 valence electrons. The van der Waals surface area contributed by atoms with Crippen molar-refractivity contribution in [2.75, 3.05) is 13.1 Å². The van der Waals surface area contributed by atoms with Gasteiger partial charge in [-0.3, -0.25) is 25.0 Å². The van der Waals surface area contributed by atoms with Gasteiger partial charge in [0.2, 0.25) is 0 Å². The van der Waals surface area contributed by atoms with Gasteiger partial charge in [0.25, 0.3) is 11.8 Å². The molecule has 0 radical (unpaired) electrons. The number of urea groups is 1. The summed E-state index contributed by atoms with van der Waals surface area (Å²) in [5.41, 5.74) is 6.15. The largest absolute Gasteiger partial charge is 0.418 e. The molecule has 2 aliphatic rings. The minimum Gasteiger partial charge on any atom is -0.311 e. The number of hydrogen-bond donors (Lipinski definition) is 5. The topological polar surface area (TPSA) is 166 Å². The van der Waals surface area contributed by atoms with Gasteiger partial charge in [-0.25, -0.2) is 4.79 Å². The molecule has 2 rings (SSSR count). The van der Waals surface area contributed by atoms with Gasteiger partial charge >= 0.3 is 16.4 Å². The average Bonchev–Trinajstić information content (AvgIpc) is 3.11. The van der Waals surface area contributed by atoms with Crippen LogP contribution in [0.5, 0.6) is 0 Å². The summed E-state index contributed by atoms with van der Waals surface area (Å²) in [6.07, 6.45) is 3.17. The zero-order valence-corrected chi connectivity index (χ0v) is 14.2. The Bertz CT molecular complexity index is 619. The van der Waals surface area contributed by atoms with E-state index in [1.54, 1.807) is 5.48 Å². The second-order valence-corrected chi connectivity index (χ2v) is 6.77. The van der Waals surface area contributed by atoms with Gasteiger partial charge < -0.3 is 10.2 Å². The quantitative estimate of drug-likeness (QED) is 0.281. The highest BCUT2D eigenvalue weighted by Gasteiger charge is 2.33. The lowest BCUT2D eigenvalue weighted by Gasteiger charge is -2.34. The molecule has 0 aliphatic carbocycles. The molecule has 5 N–H and O–H groups in total. The van der Waals surface area contributed by atoms with E-state index in [0.29, 0.717) is 25.7 Å². The summed E-state index contributed by atoms with van der Waals surface area (Å²) in [4.78, 5) is 37.1. The number of hydroxylamine groups is 1. The minimum absolute atomic E-state index is 0.191. The van der Waals surface area contributed by atoms with Crippen molar-refractivity contribution in [3.63, 3.8) is 0 Å². The number of carbonyl (C=O) groups is 3. The maximum Gasteiger partial charge on any atom is 0.418 e. The molecule has 12 nitrogen and oxygen atoms in total. The Hall–Kier alpha value is -1.96. The number of likely N-dealkylation sites (tertiary alicyclic amines) is 1. The Morgan fingerprint density at radius 2 is 1.80 bits per heavy atom. The van der Waals surface area contributed by atoms with E-state index in [0.717, 1.165) is 17.9 Å². The van der Waals surface area contributed by atoms with Crippen LogP contribution in [0.25, 0.3) is 0 Å². The molecule has 0 aromatic heterocycles. The Kier molecular flexibility index (Phi) is 6.52. The van der Waals surface area contributed by atoms with Gasteiger partial charge in [0, 0.05) is 6.54 Å². The molecule has 0 spiro atoms. The number of nitrogens with one attached hydrogen (secondary N) is 4. The Morgan fingerprint density at radius 3 is 2.44 bits per heavy atom. The lowest BCUT2D eigenvalue weighted by Crippen LogP contribution is -2.58. The normalized spacial score (nSPS) is 23.8. The van der Waals surface area contributed by atoms with Crippen LogP contribution in [0, 0.1) is 0 Å². The van der Waals surface area contributed by atoms with Crippen LogP contribution in [0.15, 0.2) is 0 Å². The molecular weight excluding hydrogens is 358 g/mol. The van der Waals surface area contributed by atoms with Crippen LogP contribution in [0.1, 0.15) is 32.1 Å². The Labute approximate surface area is 144 Å². The summed E-state index contributed by atoms with van der Waals surface area (Å²) in [5, 5.41) is 2.98. The summed E-state index contributed by atoms with van der Waals surface area (Å²) in [7, 11) is -4.85.